The van der Waals surface area contributed by atoms with Crippen LogP contribution in [0.4, 0.5) is 8.78 Å². The molecule has 1 aromatic carbocycles. The maximum absolute atomic E-state index is 14.1. The van der Waals surface area contributed by atoms with E-state index in [1.54, 1.807) is 23.0 Å². The molecule has 0 spiro atoms. The Labute approximate surface area is 184 Å². The second-order valence-electron chi connectivity index (χ2n) is 7.00. The van der Waals surface area contributed by atoms with Crippen molar-refractivity contribution in [1.29, 1.82) is 0 Å². The van der Waals surface area contributed by atoms with Crippen LogP contribution in [0.5, 0.6) is 0 Å². The molecule has 2 heterocycles. The first-order valence-corrected chi connectivity index (χ1v) is 10.7. The monoisotopic (exact) mass is 431 g/mol. The summed E-state index contributed by atoms with van der Waals surface area (Å²) in [4.78, 5) is 4.45. The molecule has 0 amide bonds. The molecular weight excluding hydrogens is 396 g/mol. The largest absolute Gasteiger partial charge is 0.330 e. The van der Waals surface area contributed by atoms with E-state index in [4.69, 9.17) is 5.73 Å². The molecule has 5 nitrogen and oxygen atoms in total. The lowest BCUT2D eigenvalue weighted by molar-refractivity contribution is 0.493. The molecule has 0 aliphatic carbocycles. The summed E-state index contributed by atoms with van der Waals surface area (Å²) in [6.45, 7) is 15.4. The number of rotatable bonds is 7. The molecule has 31 heavy (non-hydrogen) atoms. The van der Waals surface area contributed by atoms with Crippen LogP contribution in [0.15, 0.2) is 42.7 Å². The number of benzene rings is 1. The molecule has 3 rings (SSSR count). The zero-order valence-electron chi connectivity index (χ0n) is 19.3. The van der Waals surface area contributed by atoms with Crippen molar-refractivity contribution in [2.45, 2.75) is 54.0 Å². The first kappa shape index (κ1) is 26.4. The minimum absolute atomic E-state index is 0.246. The van der Waals surface area contributed by atoms with Crippen molar-refractivity contribution in [1.82, 2.24) is 19.9 Å². The molecule has 3 aromatic rings. The fraction of sp³-hybridized carbons (Fsp3) is 0.417. The van der Waals surface area contributed by atoms with E-state index in [1.165, 1.54) is 6.07 Å². The Morgan fingerprint density at radius 2 is 1.94 bits per heavy atom. The standard InChI is InChI=1S/C19H20F2N4.C3H9N.C2H6/c1-12(2)4-6-22-10-15-8-14(9-17(20)18(15)21)16-11-23-25-7-5-13(3)24-19(16)25;1-2-3-4;1-2/h5,7-9,11,22H,1,4,6,10H2,2-3H3;2-4H2,1H3;1-2H3. The summed E-state index contributed by atoms with van der Waals surface area (Å²) in [6, 6.07) is 4.67. The van der Waals surface area contributed by atoms with Crippen LogP contribution in [0.1, 0.15) is 51.8 Å². The lowest BCUT2D eigenvalue weighted by Gasteiger charge is -2.09. The van der Waals surface area contributed by atoms with E-state index < -0.39 is 11.6 Å². The van der Waals surface area contributed by atoms with Gasteiger partial charge in [-0.25, -0.2) is 18.3 Å². The minimum atomic E-state index is -0.874. The van der Waals surface area contributed by atoms with E-state index in [0.29, 0.717) is 23.3 Å². The molecule has 2 aromatic heterocycles. The normalized spacial score (nSPS) is 10.2. The first-order valence-electron chi connectivity index (χ1n) is 10.7. The molecule has 0 unspecified atom stereocenters. The van der Waals surface area contributed by atoms with Gasteiger partial charge in [-0.2, -0.15) is 5.10 Å². The highest BCUT2D eigenvalue weighted by Crippen LogP contribution is 2.27. The van der Waals surface area contributed by atoms with Gasteiger partial charge in [0.05, 0.1) is 6.20 Å². The third-order valence-electron chi connectivity index (χ3n) is 4.26. The van der Waals surface area contributed by atoms with Crippen molar-refractivity contribution in [3.05, 3.63) is 65.6 Å². The lowest BCUT2D eigenvalue weighted by atomic mass is 10.0. The minimum Gasteiger partial charge on any atom is -0.330 e. The van der Waals surface area contributed by atoms with Gasteiger partial charge in [-0.15, -0.1) is 6.58 Å². The van der Waals surface area contributed by atoms with E-state index in [0.717, 1.165) is 30.7 Å². The maximum atomic E-state index is 14.1. The third kappa shape index (κ3) is 7.84. The average Bonchev–Trinajstić information content (AvgIpc) is 3.18. The molecule has 0 radical (unpaired) electrons. The SMILES string of the molecule is C=C(C)CCNCc1cc(-c2cnn3ccc(C)nc23)cc(F)c1F.CC.CCCN. The van der Waals surface area contributed by atoms with E-state index in [2.05, 4.69) is 28.9 Å². The van der Waals surface area contributed by atoms with Gasteiger partial charge in [0.15, 0.2) is 17.3 Å². The molecule has 0 aliphatic rings. The Kier molecular flexibility index (Phi) is 11.6. The van der Waals surface area contributed by atoms with Gasteiger partial charge in [-0.1, -0.05) is 26.3 Å². The number of hydrogen-bond acceptors (Lipinski definition) is 4. The van der Waals surface area contributed by atoms with Crippen molar-refractivity contribution in [2.24, 2.45) is 5.73 Å². The predicted molar refractivity (Wildman–Crippen MR) is 125 cm³/mol. The van der Waals surface area contributed by atoms with Gasteiger partial charge in [0.2, 0.25) is 0 Å². The molecule has 0 aliphatic heterocycles. The van der Waals surface area contributed by atoms with E-state index in [9.17, 15) is 8.78 Å². The molecule has 0 atom stereocenters. The van der Waals surface area contributed by atoms with Crippen molar-refractivity contribution >= 4 is 5.65 Å². The van der Waals surface area contributed by atoms with Crippen LogP contribution in [0.25, 0.3) is 16.8 Å². The number of nitrogens with two attached hydrogens (primary N) is 1. The highest BCUT2D eigenvalue weighted by Gasteiger charge is 2.15. The second-order valence-corrected chi connectivity index (χ2v) is 7.00. The summed E-state index contributed by atoms with van der Waals surface area (Å²) in [5.41, 5.74) is 9.03. The van der Waals surface area contributed by atoms with Crippen molar-refractivity contribution in [3.63, 3.8) is 0 Å². The van der Waals surface area contributed by atoms with Crippen molar-refractivity contribution in [3.8, 4) is 11.1 Å². The predicted octanol–water partition coefficient (Wildman–Crippen LogP) is 5.42. The Bertz CT molecular complexity index is 964. The third-order valence-corrected chi connectivity index (χ3v) is 4.26. The topological polar surface area (TPSA) is 68.2 Å². The Hall–Kier alpha value is -2.64. The Morgan fingerprint density at radius 1 is 1.26 bits per heavy atom. The molecule has 7 heteroatoms. The molecule has 0 fully saturated rings. The maximum Gasteiger partial charge on any atom is 0.163 e. The molecule has 0 saturated heterocycles. The van der Waals surface area contributed by atoms with Gasteiger partial charge in [0.1, 0.15) is 0 Å². The number of halogens is 2. The Morgan fingerprint density at radius 3 is 2.55 bits per heavy atom. The van der Waals surface area contributed by atoms with Gasteiger partial charge in [0, 0.05) is 29.6 Å². The zero-order chi connectivity index (χ0) is 23.4. The zero-order valence-corrected chi connectivity index (χ0v) is 19.3. The molecule has 0 bridgehead atoms. The highest BCUT2D eigenvalue weighted by atomic mass is 19.2. The fourth-order valence-corrected chi connectivity index (χ4v) is 2.62. The summed E-state index contributed by atoms with van der Waals surface area (Å²) in [6.07, 6.45) is 5.30. The average molecular weight is 432 g/mol. The second kappa shape index (κ2) is 13.6. The lowest BCUT2D eigenvalue weighted by Crippen LogP contribution is -2.16. The first-order chi connectivity index (χ1) is 14.9. The Balaban J connectivity index is 0.000000720. The van der Waals surface area contributed by atoms with Crippen LogP contribution in [0.3, 0.4) is 0 Å². The summed E-state index contributed by atoms with van der Waals surface area (Å²) >= 11 is 0. The van der Waals surface area contributed by atoms with Crippen LogP contribution >= 0.6 is 0 Å². The van der Waals surface area contributed by atoms with Crippen molar-refractivity contribution in [2.75, 3.05) is 13.1 Å². The molecule has 3 N–H and O–H groups in total. The summed E-state index contributed by atoms with van der Waals surface area (Å²) < 4.78 is 29.8. The fourth-order valence-electron chi connectivity index (χ4n) is 2.62. The molecular formula is C24H35F2N5. The van der Waals surface area contributed by atoms with Gasteiger partial charge >= 0.3 is 0 Å². The summed E-state index contributed by atoms with van der Waals surface area (Å²) in [5, 5.41) is 7.34. The smallest absolute Gasteiger partial charge is 0.163 e. The summed E-state index contributed by atoms with van der Waals surface area (Å²) in [7, 11) is 0. The van der Waals surface area contributed by atoms with Crippen molar-refractivity contribution < 1.29 is 8.78 Å². The number of aromatic nitrogens is 3. The van der Waals surface area contributed by atoms with Gasteiger partial charge < -0.3 is 11.1 Å². The van der Waals surface area contributed by atoms with Gasteiger partial charge in [0.25, 0.3) is 0 Å². The van der Waals surface area contributed by atoms with Crippen LogP contribution in [0.2, 0.25) is 0 Å². The number of nitrogens with one attached hydrogen (secondary N) is 1. The van der Waals surface area contributed by atoms with Crippen LogP contribution < -0.4 is 11.1 Å². The van der Waals surface area contributed by atoms with E-state index in [1.807, 2.05) is 33.8 Å². The number of aryl methyl sites for hydroxylation is 1. The number of hydrogen-bond donors (Lipinski definition) is 2. The summed E-state index contributed by atoms with van der Waals surface area (Å²) in [5.74, 6) is -1.70. The van der Waals surface area contributed by atoms with Crippen LogP contribution in [-0.4, -0.2) is 27.7 Å². The molecule has 170 valence electrons. The quantitative estimate of drug-likeness (QED) is 0.387. The van der Waals surface area contributed by atoms with E-state index >= 15 is 0 Å². The number of fused-ring (bicyclic) bond motifs is 1. The van der Waals surface area contributed by atoms with Crippen LogP contribution in [0, 0.1) is 18.6 Å². The van der Waals surface area contributed by atoms with E-state index in [-0.39, 0.29) is 12.1 Å². The van der Waals surface area contributed by atoms with Gasteiger partial charge in [-0.05, 0) is 63.5 Å². The molecule has 0 saturated carbocycles. The van der Waals surface area contributed by atoms with Crippen LogP contribution in [-0.2, 0) is 6.54 Å². The van der Waals surface area contributed by atoms with Gasteiger partial charge in [-0.3, -0.25) is 0 Å². The highest BCUT2D eigenvalue weighted by molar-refractivity contribution is 5.77. The number of nitrogens with zero attached hydrogens (tertiary/aromatic N) is 3.